The molecule has 0 aliphatic rings. The van der Waals surface area contributed by atoms with Gasteiger partial charge in [0.25, 0.3) is 0 Å². The number of aliphatic carboxylic acids is 1. The van der Waals surface area contributed by atoms with Gasteiger partial charge < -0.3 is 24.2 Å². The fourth-order valence-corrected chi connectivity index (χ4v) is 3.41. The Kier molecular flexibility index (Phi) is 11.3. The third kappa shape index (κ3) is 9.02. The number of carboxylic acids is 1. The van der Waals surface area contributed by atoms with Crippen LogP contribution >= 0.6 is 0 Å². The number of nitrogens with zero attached hydrogens (tertiary/aromatic N) is 1. The number of amides is 1. The molecule has 2 rings (SSSR count). The fourth-order valence-electron chi connectivity index (χ4n) is 3.41. The molecule has 1 unspecified atom stereocenters. The van der Waals surface area contributed by atoms with Crippen LogP contribution in [0.25, 0.3) is 0 Å². The van der Waals surface area contributed by atoms with E-state index in [0.29, 0.717) is 31.4 Å². The largest absolute Gasteiger partial charge is 0.492 e. The summed E-state index contributed by atoms with van der Waals surface area (Å²) in [6.45, 7) is 7.36. The van der Waals surface area contributed by atoms with Crippen molar-refractivity contribution in [1.82, 2.24) is 4.90 Å². The van der Waals surface area contributed by atoms with Gasteiger partial charge in [-0.05, 0) is 54.8 Å². The van der Waals surface area contributed by atoms with Gasteiger partial charge in [0, 0.05) is 19.6 Å². The smallest absolute Gasteiger partial charge is 0.415 e. The van der Waals surface area contributed by atoms with Crippen molar-refractivity contribution in [3.63, 3.8) is 0 Å². The number of carboxylic acid groups (broad SMARTS) is 1. The predicted molar refractivity (Wildman–Crippen MR) is 127 cm³/mol. The first-order chi connectivity index (χ1) is 16.4. The molecule has 186 valence electrons. The van der Waals surface area contributed by atoms with Gasteiger partial charge in [0.1, 0.15) is 23.9 Å². The Morgan fingerprint density at radius 3 is 2.15 bits per heavy atom. The molecule has 0 aliphatic heterocycles. The number of carbonyl (C=O) groups excluding carboxylic acids is 1. The van der Waals surface area contributed by atoms with Gasteiger partial charge in [0.2, 0.25) is 0 Å². The van der Waals surface area contributed by atoms with E-state index in [1.165, 1.54) is 24.3 Å². The Balaban J connectivity index is 1.95. The van der Waals surface area contributed by atoms with E-state index in [9.17, 15) is 19.1 Å². The summed E-state index contributed by atoms with van der Waals surface area (Å²) >= 11 is 0. The molecule has 0 fully saturated rings. The summed E-state index contributed by atoms with van der Waals surface area (Å²) < 4.78 is 29.6. The van der Waals surface area contributed by atoms with E-state index < -0.39 is 24.0 Å². The van der Waals surface area contributed by atoms with E-state index in [2.05, 4.69) is 13.8 Å². The van der Waals surface area contributed by atoms with Crippen LogP contribution in [0.3, 0.4) is 0 Å². The predicted octanol–water partition coefficient (Wildman–Crippen LogP) is 5.17. The summed E-state index contributed by atoms with van der Waals surface area (Å²) in [5.41, 5.74) is 0.825. The Morgan fingerprint density at radius 2 is 1.59 bits per heavy atom. The Morgan fingerprint density at radius 1 is 0.971 bits per heavy atom. The minimum absolute atomic E-state index is 0.259. The van der Waals surface area contributed by atoms with Crippen LogP contribution in [0.1, 0.15) is 39.2 Å². The summed E-state index contributed by atoms with van der Waals surface area (Å²) in [7, 11) is 0. The molecule has 0 saturated carbocycles. The quantitative estimate of drug-likeness (QED) is 0.406. The molecule has 0 aliphatic carbocycles. The maximum Gasteiger partial charge on any atom is 0.415 e. The standard InChI is InChI=1S/C26H34FNO6/c1-4-19(5-2)18-28(26(31)34-23-13-9-21(27)10-14-23)15-16-33-22-11-7-20(8-12-22)17-24(25(29)30)32-6-3/h7-14,19,24H,4-6,15-18H2,1-3H3,(H,29,30). The molecule has 0 radical (unpaired) electrons. The van der Waals surface area contributed by atoms with Crippen LogP contribution in [-0.4, -0.2) is 54.5 Å². The fraction of sp³-hybridized carbons (Fsp3) is 0.462. The van der Waals surface area contributed by atoms with Gasteiger partial charge in [-0.15, -0.1) is 0 Å². The molecule has 0 aromatic heterocycles. The SMILES string of the molecule is CCOC(Cc1ccc(OCCN(CC(CC)CC)C(=O)Oc2ccc(F)cc2)cc1)C(=O)O. The van der Waals surface area contributed by atoms with E-state index in [1.54, 1.807) is 36.1 Å². The molecule has 7 nitrogen and oxygen atoms in total. The Labute approximate surface area is 200 Å². The second kappa shape index (κ2) is 14.2. The zero-order valence-electron chi connectivity index (χ0n) is 20.0. The Bertz CT molecular complexity index is 883. The van der Waals surface area contributed by atoms with Crippen molar-refractivity contribution in [1.29, 1.82) is 0 Å². The molecule has 8 heteroatoms. The van der Waals surface area contributed by atoms with Crippen molar-refractivity contribution >= 4 is 12.1 Å². The second-order valence-electron chi connectivity index (χ2n) is 7.93. The number of hydrogen-bond acceptors (Lipinski definition) is 5. The normalized spacial score (nSPS) is 11.8. The highest BCUT2D eigenvalue weighted by Crippen LogP contribution is 2.17. The van der Waals surface area contributed by atoms with Crippen molar-refractivity contribution in [2.75, 3.05) is 26.3 Å². The average Bonchev–Trinajstić information content (AvgIpc) is 2.83. The molecule has 34 heavy (non-hydrogen) atoms. The molecule has 0 spiro atoms. The Hall–Kier alpha value is -3.13. The van der Waals surface area contributed by atoms with Crippen LogP contribution in [0, 0.1) is 11.7 Å². The molecule has 2 aromatic rings. The van der Waals surface area contributed by atoms with Crippen LogP contribution < -0.4 is 9.47 Å². The lowest BCUT2D eigenvalue weighted by Crippen LogP contribution is -2.40. The van der Waals surface area contributed by atoms with Gasteiger partial charge >= 0.3 is 12.1 Å². The highest BCUT2D eigenvalue weighted by atomic mass is 19.1. The van der Waals surface area contributed by atoms with Crippen LogP contribution in [0.2, 0.25) is 0 Å². The van der Waals surface area contributed by atoms with Crippen LogP contribution in [-0.2, 0) is 16.0 Å². The molecule has 1 atom stereocenters. The molecule has 2 aromatic carbocycles. The first kappa shape index (κ1) is 27.1. The summed E-state index contributed by atoms with van der Waals surface area (Å²) in [4.78, 5) is 25.6. The summed E-state index contributed by atoms with van der Waals surface area (Å²) in [5, 5.41) is 9.23. The van der Waals surface area contributed by atoms with E-state index in [1.807, 2.05) is 0 Å². The first-order valence-corrected chi connectivity index (χ1v) is 11.6. The van der Waals surface area contributed by atoms with Gasteiger partial charge in [-0.25, -0.2) is 14.0 Å². The number of rotatable bonds is 14. The zero-order chi connectivity index (χ0) is 24.9. The van der Waals surface area contributed by atoms with Gasteiger partial charge in [-0.1, -0.05) is 38.8 Å². The molecular formula is C26H34FNO6. The zero-order valence-corrected chi connectivity index (χ0v) is 20.0. The van der Waals surface area contributed by atoms with Crippen LogP contribution in [0.5, 0.6) is 11.5 Å². The highest BCUT2D eigenvalue weighted by Gasteiger charge is 2.20. The van der Waals surface area contributed by atoms with Crippen molar-refractivity contribution < 1.29 is 33.3 Å². The van der Waals surface area contributed by atoms with Crippen molar-refractivity contribution in [3.05, 3.63) is 59.9 Å². The lowest BCUT2D eigenvalue weighted by atomic mass is 10.0. The number of benzene rings is 2. The third-order valence-corrected chi connectivity index (χ3v) is 5.53. The van der Waals surface area contributed by atoms with Crippen LogP contribution in [0.15, 0.2) is 48.5 Å². The maximum absolute atomic E-state index is 13.1. The minimum atomic E-state index is -0.993. The second-order valence-corrected chi connectivity index (χ2v) is 7.93. The lowest BCUT2D eigenvalue weighted by Gasteiger charge is -2.26. The molecular weight excluding hydrogens is 441 g/mol. The first-order valence-electron chi connectivity index (χ1n) is 11.6. The van der Waals surface area contributed by atoms with Gasteiger partial charge in [0.15, 0.2) is 6.10 Å². The number of halogens is 1. The molecule has 1 N–H and O–H groups in total. The van der Waals surface area contributed by atoms with E-state index in [-0.39, 0.29) is 18.8 Å². The van der Waals surface area contributed by atoms with E-state index in [4.69, 9.17) is 14.2 Å². The van der Waals surface area contributed by atoms with E-state index >= 15 is 0 Å². The van der Waals surface area contributed by atoms with Crippen molar-refractivity contribution in [3.8, 4) is 11.5 Å². The maximum atomic E-state index is 13.1. The van der Waals surface area contributed by atoms with Gasteiger partial charge in [-0.2, -0.15) is 0 Å². The molecule has 1 amide bonds. The molecule has 0 bridgehead atoms. The minimum Gasteiger partial charge on any atom is -0.492 e. The lowest BCUT2D eigenvalue weighted by molar-refractivity contribution is -0.149. The summed E-state index contributed by atoms with van der Waals surface area (Å²) in [5.74, 6) is -0.171. The van der Waals surface area contributed by atoms with E-state index in [0.717, 1.165) is 18.4 Å². The van der Waals surface area contributed by atoms with Crippen molar-refractivity contribution in [2.24, 2.45) is 5.92 Å². The summed E-state index contributed by atoms with van der Waals surface area (Å²) in [6, 6.07) is 12.5. The topological polar surface area (TPSA) is 85.3 Å². The van der Waals surface area contributed by atoms with Gasteiger partial charge in [-0.3, -0.25) is 0 Å². The monoisotopic (exact) mass is 475 g/mol. The number of ether oxygens (including phenoxy) is 3. The van der Waals surface area contributed by atoms with Gasteiger partial charge in [0.05, 0.1) is 6.54 Å². The molecule has 0 saturated heterocycles. The molecule has 0 heterocycles. The third-order valence-electron chi connectivity index (χ3n) is 5.53. The summed E-state index contributed by atoms with van der Waals surface area (Å²) in [6.07, 6.45) is 0.730. The number of carbonyl (C=O) groups is 2. The van der Waals surface area contributed by atoms with Crippen molar-refractivity contribution in [2.45, 2.75) is 46.1 Å². The highest BCUT2D eigenvalue weighted by molar-refractivity contribution is 5.72. The number of hydrogen-bond donors (Lipinski definition) is 1. The average molecular weight is 476 g/mol. The van der Waals surface area contributed by atoms with Crippen LogP contribution in [0.4, 0.5) is 9.18 Å².